The summed E-state index contributed by atoms with van der Waals surface area (Å²) in [4.78, 5) is 8.31. The van der Waals surface area contributed by atoms with Gasteiger partial charge in [0, 0.05) is 12.4 Å². The van der Waals surface area contributed by atoms with Crippen LogP contribution in [0.25, 0.3) is 0 Å². The van der Waals surface area contributed by atoms with Gasteiger partial charge in [0.1, 0.15) is 0 Å². The van der Waals surface area contributed by atoms with Crippen molar-refractivity contribution in [1.29, 1.82) is 0 Å². The van der Waals surface area contributed by atoms with Crippen LogP contribution in [-0.2, 0) is 12.8 Å². The fraction of sp³-hybridized carbons (Fsp3) is 0.375. The summed E-state index contributed by atoms with van der Waals surface area (Å²) in [5.74, 6) is 0. The fourth-order valence-electron chi connectivity index (χ4n) is 0.693. The first-order valence-corrected chi connectivity index (χ1v) is 3.46. The Morgan fingerprint density at radius 3 is 2.30 bits per heavy atom. The molecule has 1 heterocycles. The number of rotatable bonds is 2. The van der Waals surface area contributed by atoms with Gasteiger partial charge in [-0.3, -0.25) is 9.97 Å². The summed E-state index contributed by atoms with van der Waals surface area (Å²) in [6.45, 7) is 5.77. The second-order valence-corrected chi connectivity index (χ2v) is 2.10. The van der Waals surface area contributed by atoms with Crippen LogP contribution in [0.2, 0.25) is 0 Å². The molecule has 10 heavy (non-hydrogen) atoms. The standard InChI is InChI=1S/C8H11N2/c1-3-7-5-10-8(4-2)6-9-7/h5-6H,1,3-4H2,2H3. The van der Waals surface area contributed by atoms with Gasteiger partial charge in [0.15, 0.2) is 0 Å². The number of aryl methyl sites for hydroxylation is 1. The molecule has 0 aliphatic carbocycles. The maximum Gasteiger partial charge on any atom is 0.0586 e. The summed E-state index contributed by atoms with van der Waals surface area (Å²) < 4.78 is 0. The fourth-order valence-corrected chi connectivity index (χ4v) is 0.693. The Hall–Kier alpha value is -0.920. The molecule has 0 bridgehead atoms. The predicted molar refractivity (Wildman–Crippen MR) is 40.5 cm³/mol. The molecular weight excluding hydrogens is 124 g/mol. The molecule has 0 amide bonds. The Labute approximate surface area is 61.3 Å². The van der Waals surface area contributed by atoms with E-state index < -0.39 is 0 Å². The third kappa shape index (κ3) is 1.53. The van der Waals surface area contributed by atoms with Crippen molar-refractivity contribution in [1.82, 2.24) is 9.97 Å². The molecule has 0 aliphatic heterocycles. The van der Waals surface area contributed by atoms with Gasteiger partial charge in [0.2, 0.25) is 0 Å². The van der Waals surface area contributed by atoms with Crippen LogP contribution < -0.4 is 0 Å². The quantitative estimate of drug-likeness (QED) is 0.612. The van der Waals surface area contributed by atoms with Crippen molar-refractivity contribution in [3.63, 3.8) is 0 Å². The van der Waals surface area contributed by atoms with E-state index in [1.54, 1.807) is 12.4 Å². The first-order chi connectivity index (χ1) is 4.86. The molecule has 1 radical (unpaired) electrons. The van der Waals surface area contributed by atoms with Gasteiger partial charge in [-0.05, 0) is 19.8 Å². The molecule has 0 spiro atoms. The van der Waals surface area contributed by atoms with E-state index in [2.05, 4.69) is 23.8 Å². The number of aromatic nitrogens is 2. The summed E-state index contributed by atoms with van der Waals surface area (Å²) in [6.07, 6.45) is 5.26. The zero-order valence-electron chi connectivity index (χ0n) is 6.17. The van der Waals surface area contributed by atoms with Crippen LogP contribution in [0.1, 0.15) is 18.3 Å². The van der Waals surface area contributed by atoms with Crippen LogP contribution in [0.3, 0.4) is 0 Å². The summed E-state index contributed by atoms with van der Waals surface area (Å²) in [7, 11) is 0. The lowest BCUT2D eigenvalue weighted by atomic mass is 10.3. The third-order valence-corrected chi connectivity index (χ3v) is 1.38. The van der Waals surface area contributed by atoms with E-state index in [4.69, 9.17) is 0 Å². The molecule has 53 valence electrons. The van der Waals surface area contributed by atoms with E-state index in [1.807, 2.05) is 0 Å². The Kier molecular flexibility index (Phi) is 2.37. The SMILES string of the molecule is [CH2]Cc1cnc(CC)cn1. The Bertz CT molecular complexity index is 168. The Morgan fingerprint density at radius 1 is 1.30 bits per heavy atom. The summed E-state index contributed by atoms with van der Waals surface area (Å²) in [6, 6.07) is 0. The first-order valence-electron chi connectivity index (χ1n) is 3.46. The molecule has 2 heteroatoms. The monoisotopic (exact) mass is 135 g/mol. The van der Waals surface area contributed by atoms with Crippen molar-refractivity contribution < 1.29 is 0 Å². The molecule has 0 N–H and O–H groups in total. The molecular formula is C8H11N2. The Morgan fingerprint density at radius 2 is 1.90 bits per heavy atom. The van der Waals surface area contributed by atoms with Crippen LogP contribution in [0.4, 0.5) is 0 Å². The predicted octanol–water partition coefficient (Wildman–Crippen LogP) is 1.42. The molecule has 1 aromatic heterocycles. The molecule has 1 rings (SSSR count). The van der Waals surface area contributed by atoms with Gasteiger partial charge in [0.05, 0.1) is 11.4 Å². The highest BCUT2D eigenvalue weighted by atomic mass is 14.8. The van der Waals surface area contributed by atoms with E-state index in [-0.39, 0.29) is 0 Å². The molecule has 0 unspecified atom stereocenters. The maximum atomic E-state index is 4.17. The molecule has 2 nitrogen and oxygen atoms in total. The van der Waals surface area contributed by atoms with E-state index in [9.17, 15) is 0 Å². The maximum absolute atomic E-state index is 4.17. The van der Waals surface area contributed by atoms with Crippen molar-refractivity contribution in [2.24, 2.45) is 0 Å². The zero-order valence-corrected chi connectivity index (χ0v) is 6.17. The van der Waals surface area contributed by atoms with Crippen LogP contribution in [0, 0.1) is 6.92 Å². The zero-order chi connectivity index (χ0) is 7.40. The molecule has 0 aromatic carbocycles. The summed E-state index contributed by atoms with van der Waals surface area (Å²) >= 11 is 0. The van der Waals surface area contributed by atoms with Gasteiger partial charge in [0.25, 0.3) is 0 Å². The van der Waals surface area contributed by atoms with Crippen LogP contribution in [0.5, 0.6) is 0 Å². The number of nitrogens with zero attached hydrogens (tertiary/aromatic N) is 2. The van der Waals surface area contributed by atoms with Crippen LogP contribution in [0.15, 0.2) is 12.4 Å². The van der Waals surface area contributed by atoms with Gasteiger partial charge in [-0.2, -0.15) is 0 Å². The molecule has 1 aromatic rings. The lowest BCUT2D eigenvalue weighted by molar-refractivity contribution is 0.957. The van der Waals surface area contributed by atoms with E-state index >= 15 is 0 Å². The normalized spacial score (nSPS) is 9.80. The second-order valence-electron chi connectivity index (χ2n) is 2.10. The van der Waals surface area contributed by atoms with Crippen molar-refractivity contribution in [2.75, 3.05) is 0 Å². The van der Waals surface area contributed by atoms with Crippen LogP contribution in [-0.4, -0.2) is 9.97 Å². The van der Waals surface area contributed by atoms with Gasteiger partial charge in [-0.15, -0.1) is 0 Å². The smallest absolute Gasteiger partial charge is 0.0586 e. The van der Waals surface area contributed by atoms with E-state index in [0.717, 1.165) is 24.2 Å². The minimum absolute atomic E-state index is 0.719. The highest BCUT2D eigenvalue weighted by molar-refractivity contribution is 5.02. The lowest BCUT2D eigenvalue weighted by Crippen LogP contribution is -1.92. The number of hydrogen-bond acceptors (Lipinski definition) is 2. The van der Waals surface area contributed by atoms with Gasteiger partial charge < -0.3 is 0 Å². The number of hydrogen-bond donors (Lipinski definition) is 0. The van der Waals surface area contributed by atoms with Gasteiger partial charge >= 0.3 is 0 Å². The minimum Gasteiger partial charge on any atom is -0.258 e. The largest absolute Gasteiger partial charge is 0.258 e. The topological polar surface area (TPSA) is 25.8 Å². The third-order valence-electron chi connectivity index (χ3n) is 1.38. The minimum atomic E-state index is 0.719. The lowest BCUT2D eigenvalue weighted by Gasteiger charge is -1.95. The van der Waals surface area contributed by atoms with Crippen molar-refractivity contribution in [2.45, 2.75) is 19.8 Å². The van der Waals surface area contributed by atoms with Gasteiger partial charge in [-0.1, -0.05) is 6.92 Å². The highest BCUT2D eigenvalue weighted by Crippen LogP contribution is 1.95. The van der Waals surface area contributed by atoms with Crippen molar-refractivity contribution in [3.8, 4) is 0 Å². The molecule has 0 saturated heterocycles. The molecule has 0 aliphatic rings. The highest BCUT2D eigenvalue weighted by Gasteiger charge is 1.91. The van der Waals surface area contributed by atoms with E-state index in [1.165, 1.54) is 0 Å². The van der Waals surface area contributed by atoms with E-state index in [0.29, 0.717) is 0 Å². The average molecular weight is 135 g/mol. The Balaban J connectivity index is 2.80. The van der Waals surface area contributed by atoms with Gasteiger partial charge in [-0.25, -0.2) is 0 Å². The average Bonchev–Trinajstić information content (AvgIpc) is 2.05. The second kappa shape index (κ2) is 3.30. The van der Waals surface area contributed by atoms with Crippen molar-refractivity contribution >= 4 is 0 Å². The molecule has 0 atom stereocenters. The summed E-state index contributed by atoms with van der Waals surface area (Å²) in [5.41, 5.74) is 1.99. The summed E-state index contributed by atoms with van der Waals surface area (Å²) in [5, 5.41) is 0. The molecule has 0 saturated carbocycles. The molecule has 0 fully saturated rings. The van der Waals surface area contributed by atoms with Crippen LogP contribution >= 0.6 is 0 Å². The van der Waals surface area contributed by atoms with Crippen molar-refractivity contribution in [3.05, 3.63) is 30.7 Å². The first kappa shape index (κ1) is 7.19.